The van der Waals surface area contributed by atoms with Crippen LogP contribution in [0, 0.1) is 17.7 Å². The van der Waals surface area contributed by atoms with Crippen molar-refractivity contribution >= 4 is 12.2 Å². The number of hydrogen-bond donors (Lipinski definition) is 1. The third-order valence-corrected chi connectivity index (χ3v) is 1.45. The smallest absolute Gasteiger partial charge is 0.293 e. The quantitative estimate of drug-likeness (QED) is 0.518. The van der Waals surface area contributed by atoms with Crippen LogP contribution in [0.25, 0.3) is 0 Å². The number of primary amides is 1. The molecule has 2 N–H and O–H groups in total. The number of carbonyl (C=O) groups is 2. The van der Waals surface area contributed by atoms with Gasteiger partial charge < -0.3 is 5.73 Å². The average Bonchev–Trinajstić information content (AvgIpc) is 2.16. The van der Waals surface area contributed by atoms with E-state index < -0.39 is 11.7 Å². The third-order valence-electron chi connectivity index (χ3n) is 1.45. The summed E-state index contributed by atoms with van der Waals surface area (Å²) in [4.78, 5) is 20.6. The zero-order chi connectivity index (χ0) is 10.6. The van der Waals surface area contributed by atoms with Crippen molar-refractivity contribution in [3.8, 4) is 11.8 Å². The molecular formula is C10H6FNO2. The summed E-state index contributed by atoms with van der Waals surface area (Å²) in [5, 5.41) is 0. The summed E-state index contributed by atoms with van der Waals surface area (Å²) < 4.78 is 13.0. The minimum Gasteiger partial charge on any atom is -0.359 e. The van der Waals surface area contributed by atoms with Gasteiger partial charge in [0, 0.05) is 11.5 Å². The zero-order valence-electron chi connectivity index (χ0n) is 7.08. The van der Waals surface area contributed by atoms with Crippen molar-refractivity contribution in [2.75, 3.05) is 0 Å². The van der Waals surface area contributed by atoms with Crippen LogP contribution in [0.1, 0.15) is 15.9 Å². The highest BCUT2D eigenvalue weighted by Crippen LogP contribution is 2.07. The molecular weight excluding hydrogens is 185 g/mol. The van der Waals surface area contributed by atoms with Gasteiger partial charge in [0.1, 0.15) is 12.1 Å². The van der Waals surface area contributed by atoms with Gasteiger partial charge in [-0.05, 0) is 18.2 Å². The highest BCUT2D eigenvalue weighted by atomic mass is 19.1. The van der Waals surface area contributed by atoms with E-state index in [9.17, 15) is 14.0 Å². The maximum atomic E-state index is 13.0. The largest absolute Gasteiger partial charge is 0.359 e. The second-order valence-corrected chi connectivity index (χ2v) is 2.47. The Bertz CT molecular complexity index is 443. The molecule has 70 valence electrons. The molecule has 1 amide bonds. The van der Waals surface area contributed by atoms with Crippen LogP contribution >= 0.6 is 0 Å². The molecule has 14 heavy (non-hydrogen) atoms. The fourth-order valence-electron chi connectivity index (χ4n) is 0.841. The van der Waals surface area contributed by atoms with Crippen molar-refractivity contribution in [3.63, 3.8) is 0 Å². The molecule has 0 atom stereocenters. The summed E-state index contributed by atoms with van der Waals surface area (Å²) in [7, 11) is 0. The first-order chi connectivity index (χ1) is 6.63. The van der Waals surface area contributed by atoms with E-state index in [1.807, 2.05) is 5.92 Å². The zero-order valence-corrected chi connectivity index (χ0v) is 7.08. The minimum atomic E-state index is -0.846. The molecule has 3 nitrogen and oxygen atoms in total. The number of hydrogen-bond acceptors (Lipinski definition) is 2. The lowest BCUT2D eigenvalue weighted by atomic mass is 10.1. The van der Waals surface area contributed by atoms with E-state index in [2.05, 4.69) is 5.92 Å². The number of rotatable bonds is 1. The highest BCUT2D eigenvalue weighted by molar-refractivity contribution is 5.92. The first kappa shape index (κ1) is 9.93. The fraction of sp³-hybridized carbons (Fsp3) is 0. The lowest BCUT2D eigenvalue weighted by molar-refractivity contribution is -0.112. The molecule has 0 aliphatic rings. The van der Waals surface area contributed by atoms with Gasteiger partial charge in [-0.3, -0.25) is 9.59 Å². The second kappa shape index (κ2) is 4.19. The molecule has 0 saturated heterocycles. The molecule has 4 heteroatoms. The Morgan fingerprint density at radius 1 is 1.50 bits per heavy atom. The molecule has 0 heterocycles. The Morgan fingerprint density at radius 2 is 2.21 bits per heavy atom. The van der Waals surface area contributed by atoms with Gasteiger partial charge in [0.25, 0.3) is 5.91 Å². The molecule has 0 aliphatic heterocycles. The van der Waals surface area contributed by atoms with Crippen LogP contribution in [0.4, 0.5) is 4.39 Å². The maximum Gasteiger partial charge on any atom is 0.293 e. The van der Waals surface area contributed by atoms with Gasteiger partial charge in [-0.15, -0.1) is 0 Å². The van der Waals surface area contributed by atoms with Gasteiger partial charge in [0.05, 0.1) is 5.56 Å². The van der Waals surface area contributed by atoms with Crippen molar-refractivity contribution in [1.82, 2.24) is 0 Å². The van der Waals surface area contributed by atoms with E-state index >= 15 is 0 Å². The first-order valence-electron chi connectivity index (χ1n) is 3.69. The standard InChI is InChI=1S/C10H6FNO2/c11-9-3-1-7(6-13)5-8(9)2-4-10(12)14/h1,3,5-6H,(H2,12,14). The predicted molar refractivity (Wildman–Crippen MR) is 47.9 cm³/mol. The Labute approximate surface area is 79.7 Å². The summed E-state index contributed by atoms with van der Waals surface area (Å²) in [6.07, 6.45) is 0.564. The van der Waals surface area contributed by atoms with Gasteiger partial charge in [-0.1, -0.05) is 5.92 Å². The van der Waals surface area contributed by atoms with Crippen molar-refractivity contribution in [3.05, 3.63) is 35.1 Å². The van der Waals surface area contributed by atoms with Gasteiger partial charge in [0.15, 0.2) is 0 Å². The van der Waals surface area contributed by atoms with Crippen LogP contribution in [0.3, 0.4) is 0 Å². The number of amides is 1. The van der Waals surface area contributed by atoms with E-state index in [-0.39, 0.29) is 5.56 Å². The third kappa shape index (κ3) is 2.42. The van der Waals surface area contributed by atoms with Crippen LogP contribution < -0.4 is 5.73 Å². The number of aldehydes is 1. The van der Waals surface area contributed by atoms with Gasteiger partial charge in [-0.25, -0.2) is 4.39 Å². The normalized spacial score (nSPS) is 8.64. The second-order valence-electron chi connectivity index (χ2n) is 2.47. The average molecular weight is 191 g/mol. The molecule has 1 rings (SSSR count). The van der Waals surface area contributed by atoms with Gasteiger partial charge in [0.2, 0.25) is 0 Å². The van der Waals surface area contributed by atoms with Gasteiger partial charge in [-0.2, -0.15) is 0 Å². The van der Waals surface area contributed by atoms with E-state index in [0.717, 1.165) is 6.07 Å². The highest BCUT2D eigenvalue weighted by Gasteiger charge is 2.00. The van der Waals surface area contributed by atoms with Crippen LogP contribution in [0.15, 0.2) is 18.2 Å². The van der Waals surface area contributed by atoms with E-state index in [1.165, 1.54) is 12.1 Å². The summed E-state index contributed by atoms with van der Waals surface area (Å²) in [5.74, 6) is 2.78. The number of halogens is 1. The van der Waals surface area contributed by atoms with Crippen molar-refractivity contribution in [1.29, 1.82) is 0 Å². The lowest BCUT2D eigenvalue weighted by Gasteiger charge is -1.94. The molecule has 0 aliphatic carbocycles. The lowest BCUT2D eigenvalue weighted by Crippen LogP contribution is -2.06. The minimum absolute atomic E-state index is 0.0200. The Morgan fingerprint density at radius 3 is 2.79 bits per heavy atom. The summed E-state index contributed by atoms with van der Waals surface area (Å²) in [6, 6.07) is 3.67. The Hall–Kier alpha value is -2.15. The maximum absolute atomic E-state index is 13.0. The first-order valence-corrected chi connectivity index (χ1v) is 3.69. The summed E-state index contributed by atoms with van der Waals surface area (Å²) >= 11 is 0. The molecule has 0 bridgehead atoms. The number of nitrogens with two attached hydrogens (primary N) is 1. The van der Waals surface area contributed by atoms with Crippen LogP contribution in [-0.4, -0.2) is 12.2 Å². The van der Waals surface area contributed by atoms with Gasteiger partial charge >= 0.3 is 0 Å². The molecule has 1 aromatic rings. The molecule has 0 saturated carbocycles. The van der Waals surface area contributed by atoms with Crippen LogP contribution in [-0.2, 0) is 4.79 Å². The molecule has 0 fully saturated rings. The van der Waals surface area contributed by atoms with E-state index in [0.29, 0.717) is 11.8 Å². The fourth-order valence-corrected chi connectivity index (χ4v) is 0.841. The molecule has 0 aromatic heterocycles. The summed E-state index contributed by atoms with van der Waals surface area (Å²) in [5.41, 5.74) is 5.03. The number of carbonyl (C=O) groups excluding carboxylic acids is 2. The summed E-state index contributed by atoms with van der Waals surface area (Å²) in [6.45, 7) is 0. The SMILES string of the molecule is NC(=O)C#Cc1cc(C=O)ccc1F. The molecule has 0 radical (unpaired) electrons. The monoisotopic (exact) mass is 191 g/mol. The van der Waals surface area contributed by atoms with Crippen molar-refractivity contribution in [2.24, 2.45) is 5.73 Å². The van der Waals surface area contributed by atoms with Crippen molar-refractivity contribution in [2.45, 2.75) is 0 Å². The van der Waals surface area contributed by atoms with Crippen LogP contribution in [0.5, 0.6) is 0 Å². The predicted octanol–water partition coefficient (Wildman–Crippen LogP) is 0.475. The topological polar surface area (TPSA) is 60.2 Å². The Balaban J connectivity index is 3.14. The molecule has 0 unspecified atom stereocenters. The molecule has 1 aromatic carbocycles. The van der Waals surface area contributed by atoms with Crippen molar-refractivity contribution < 1.29 is 14.0 Å². The van der Waals surface area contributed by atoms with Crippen LogP contribution in [0.2, 0.25) is 0 Å². The van der Waals surface area contributed by atoms with E-state index in [4.69, 9.17) is 5.73 Å². The molecule has 0 spiro atoms. The Kier molecular flexibility index (Phi) is 2.97. The van der Waals surface area contributed by atoms with E-state index in [1.54, 1.807) is 0 Å². The number of benzene rings is 1.